The van der Waals surface area contributed by atoms with Gasteiger partial charge in [0.15, 0.2) is 11.5 Å². The summed E-state index contributed by atoms with van der Waals surface area (Å²) in [5, 5.41) is 3.80. The van der Waals surface area contributed by atoms with Crippen LogP contribution in [0.5, 0.6) is 5.75 Å². The van der Waals surface area contributed by atoms with Crippen LogP contribution in [0.4, 0.5) is 0 Å². The van der Waals surface area contributed by atoms with E-state index in [2.05, 4.69) is 12.1 Å². The lowest BCUT2D eigenvalue weighted by Gasteiger charge is -2.21. The molecule has 1 aliphatic rings. The SMILES string of the molecule is COc1ccc2c(c1)-c1onc(C(N)=O)c1CC2C. The smallest absolute Gasteiger partial charge is 0.271 e. The number of methoxy groups -OCH3 is 1. The third-order valence-electron chi connectivity index (χ3n) is 3.57. The molecule has 1 heterocycles. The predicted octanol–water partition coefficient (Wildman–Crippen LogP) is 2.11. The summed E-state index contributed by atoms with van der Waals surface area (Å²) < 4.78 is 10.5. The maximum absolute atomic E-state index is 11.4. The lowest BCUT2D eigenvalue weighted by atomic mass is 9.82. The number of fused-ring (bicyclic) bond motifs is 3. The summed E-state index contributed by atoms with van der Waals surface area (Å²) in [5.41, 5.74) is 8.43. The van der Waals surface area contributed by atoms with Crippen molar-refractivity contribution >= 4 is 5.91 Å². The van der Waals surface area contributed by atoms with Crippen LogP contribution in [0.15, 0.2) is 22.7 Å². The lowest BCUT2D eigenvalue weighted by molar-refractivity contribution is 0.0991. The molecule has 2 aromatic rings. The first-order valence-electron chi connectivity index (χ1n) is 6.08. The Hall–Kier alpha value is -2.30. The normalized spacial score (nSPS) is 16.6. The van der Waals surface area contributed by atoms with E-state index in [0.29, 0.717) is 12.2 Å². The number of primary amides is 1. The van der Waals surface area contributed by atoms with Crippen molar-refractivity contribution in [3.8, 4) is 17.1 Å². The van der Waals surface area contributed by atoms with Crippen LogP contribution in [-0.2, 0) is 6.42 Å². The number of nitrogens with two attached hydrogens (primary N) is 1. The van der Waals surface area contributed by atoms with Gasteiger partial charge in [0.25, 0.3) is 5.91 Å². The van der Waals surface area contributed by atoms with Crippen LogP contribution in [0.25, 0.3) is 11.3 Å². The summed E-state index contributed by atoms with van der Waals surface area (Å²) in [6.45, 7) is 2.10. The van der Waals surface area contributed by atoms with E-state index in [1.54, 1.807) is 7.11 Å². The summed E-state index contributed by atoms with van der Waals surface area (Å²) >= 11 is 0. The van der Waals surface area contributed by atoms with Crippen molar-refractivity contribution in [1.29, 1.82) is 0 Å². The van der Waals surface area contributed by atoms with Crippen LogP contribution in [0, 0.1) is 0 Å². The van der Waals surface area contributed by atoms with Crippen molar-refractivity contribution < 1.29 is 14.1 Å². The van der Waals surface area contributed by atoms with E-state index in [1.165, 1.54) is 5.56 Å². The van der Waals surface area contributed by atoms with Gasteiger partial charge in [0.1, 0.15) is 5.75 Å². The van der Waals surface area contributed by atoms with Gasteiger partial charge in [0.05, 0.1) is 7.11 Å². The van der Waals surface area contributed by atoms with Gasteiger partial charge in [0.2, 0.25) is 0 Å². The zero-order chi connectivity index (χ0) is 13.6. The Morgan fingerprint density at radius 1 is 1.53 bits per heavy atom. The molecule has 5 heteroatoms. The van der Waals surface area contributed by atoms with E-state index in [-0.39, 0.29) is 11.6 Å². The fourth-order valence-corrected chi connectivity index (χ4v) is 2.61. The second-order valence-corrected chi connectivity index (χ2v) is 4.76. The molecule has 0 spiro atoms. The Morgan fingerprint density at radius 2 is 2.32 bits per heavy atom. The van der Waals surface area contributed by atoms with Crippen LogP contribution >= 0.6 is 0 Å². The molecule has 0 fully saturated rings. The Morgan fingerprint density at radius 3 is 3.00 bits per heavy atom. The number of hydrogen-bond donors (Lipinski definition) is 1. The molecular weight excluding hydrogens is 244 g/mol. The standard InChI is InChI=1S/C14H14N2O3/c1-7-5-11-12(14(15)17)16-19-13(11)10-6-8(18-2)3-4-9(7)10/h3-4,6-7H,5H2,1-2H3,(H2,15,17). The predicted molar refractivity (Wildman–Crippen MR) is 69.1 cm³/mol. The highest BCUT2D eigenvalue weighted by molar-refractivity contribution is 5.94. The minimum Gasteiger partial charge on any atom is -0.497 e. The van der Waals surface area contributed by atoms with Crippen molar-refractivity contribution in [3.05, 3.63) is 35.0 Å². The van der Waals surface area contributed by atoms with Crippen LogP contribution < -0.4 is 10.5 Å². The van der Waals surface area contributed by atoms with Crippen molar-refractivity contribution in [2.45, 2.75) is 19.3 Å². The molecule has 3 rings (SSSR count). The van der Waals surface area contributed by atoms with Crippen LogP contribution in [0.2, 0.25) is 0 Å². The van der Waals surface area contributed by atoms with Crippen molar-refractivity contribution in [1.82, 2.24) is 5.16 Å². The lowest BCUT2D eigenvalue weighted by Crippen LogP contribution is -2.16. The Labute approximate surface area is 110 Å². The first-order valence-corrected chi connectivity index (χ1v) is 6.08. The zero-order valence-electron chi connectivity index (χ0n) is 10.8. The van der Waals surface area contributed by atoms with E-state index >= 15 is 0 Å². The number of nitrogens with zero attached hydrogens (tertiary/aromatic N) is 1. The van der Waals surface area contributed by atoms with E-state index in [4.69, 9.17) is 15.0 Å². The van der Waals surface area contributed by atoms with Gasteiger partial charge in [-0.05, 0) is 30.0 Å². The van der Waals surface area contributed by atoms with Gasteiger partial charge in [-0.25, -0.2) is 0 Å². The Bertz CT molecular complexity index is 661. The summed E-state index contributed by atoms with van der Waals surface area (Å²) in [4.78, 5) is 11.4. The molecule has 1 aliphatic carbocycles. The van der Waals surface area contributed by atoms with Gasteiger partial charge in [-0.2, -0.15) is 0 Å². The molecular formula is C14H14N2O3. The molecule has 1 aromatic carbocycles. The zero-order valence-corrected chi connectivity index (χ0v) is 10.8. The van der Waals surface area contributed by atoms with Crippen LogP contribution in [-0.4, -0.2) is 18.2 Å². The van der Waals surface area contributed by atoms with Crippen LogP contribution in [0.1, 0.15) is 34.5 Å². The summed E-state index contributed by atoms with van der Waals surface area (Å²) in [6.07, 6.45) is 0.705. The van der Waals surface area contributed by atoms with E-state index in [0.717, 1.165) is 16.9 Å². The highest BCUT2D eigenvalue weighted by Gasteiger charge is 2.30. The summed E-state index contributed by atoms with van der Waals surface area (Å²) in [6, 6.07) is 5.85. The van der Waals surface area contributed by atoms with E-state index in [9.17, 15) is 4.79 Å². The number of carbonyl (C=O) groups is 1. The van der Waals surface area contributed by atoms with Gasteiger partial charge in [-0.1, -0.05) is 18.1 Å². The number of hydrogen-bond acceptors (Lipinski definition) is 4. The second-order valence-electron chi connectivity index (χ2n) is 4.76. The largest absolute Gasteiger partial charge is 0.497 e. The molecule has 1 atom stereocenters. The molecule has 2 N–H and O–H groups in total. The Balaban J connectivity index is 2.23. The topological polar surface area (TPSA) is 78.3 Å². The molecule has 1 amide bonds. The van der Waals surface area contributed by atoms with Crippen molar-refractivity contribution in [3.63, 3.8) is 0 Å². The molecule has 0 aliphatic heterocycles. The first-order chi connectivity index (χ1) is 9.11. The monoisotopic (exact) mass is 258 g/mol. The second kappa shape index (κ2) is 4.12. The first kappa shape index (κ1) is 11.8. The van der Waals surface area contributed by atoms with E-state index < -0.39 is 5.91 Å². The van der Waals surface area contributed by atoms with Gasteiger partial charge in [0, 0.05) is 11.1 Å². The molecule has 0 bridgehead atoms. The quantitative estimate of drug-likeness (QED) is 0.894. The molecule has 1 aromatic heterocycles. The van der Waals surface area contributed by atoms with Gasteiger partial charge < -0.3 is 15.0 Å². The number of ether oxygens (including phenoxy) is 1. The average Bonchev–Trinajstić information content (AvgIpc) is 2.82. The maximum atomic E-state index is 11.4. The van der Waals surface area contributed by atoms with Gasteiger partial charge in [-0.15, -0.1) is 0 Å². The number of carbonyl (C=O) groups excluding carboxylic acids is 1. The Kier molecular flexibility index (Phi) is 2.55. The fraction of sp³-hybridized carbons (Fsp3) is 0.286. The van der Waals surface area contributed by atoms with Gasteiger partial charge >= 0.3 is 0 Å². The number of amides is 1. The molecule has 0 radical (unpaired) electrons. The van der Waals surface area contributed by atoms with Crippen molar-refractivity contribution in [2.24, 2.45) is 5.73 Å². The third kappa shape index (κ3) is 1.69. The maximum Gasteiger partial charge on any atom is 0.271 e. The average molecular weight is 258 g/mol. The van der Waals surface area contributed by atoms with E-state index in [1.807, 2.05) is 18.2 Å². The fourth-order valence-electron chi connectivity index (χ4n) is 2.61. The summed E-state index contributed by atoms with van der Waals surface area (Å²) in [7, 11) is 1.62. The number of aromatic nitrogens is 1. The number of benzene rings is 1. The highest BCUT2D eigenvalue weighted by atomic mass is 16.5. The molecule has 0 saturated heterocycles. The molecule has 5 nitrogen and oxygen atoms in total. The highest BCUT2D eigenvalue weighted by Crippen LogP contribution is 2.42. The number of rotatable bonds is 2. The minimum atomic E-state index is -0.552. The molecule has 19 heavy (non-hydrogen) atoms. The third-order valence-corrected chi connectivity index (χ3v) is 3.57. The van der Waals surface area contributed by atoms with Crippen LogP contribution in [0.3, 0.4) is 0 Å². The minimum absolute atomic E-state index is 0.232. The molecule has 98 valence electrons. The molecule has 0 saturated carbocycles. The van der Waals surface area contributed by atoms with Crippen molar-refractivity contribution in [2.75, 3.05) is 7.11 Å². The summed E-state index contributed by atoms with van der Waals surface area (Å²) in [5.74, 6) is 1.10. The molecule has 1 unspecified atom stereocenters. The van der Waals surface area contributed by atoms with Gasteiger partial charge in [-0.3, -0.25) is 4.79 Å².